The lowest BCUT2D eigenvalue weighted by atomic mass is 10.3. The molecule has 0 bridgehead atoms. The fraction of sp³-hybridized carbons (Fsp3) is 0. The van der Waals surface area contributed by atoms with E-state index >= 15 is 0 Å². The normalized spacial score (nSPS) is 10.7. The van der Waals surface area contributed by atoms with Gasteiger partial charge in [0.1, 0.15) is 5.52 Å². The molecular weight excluding hydrogens is 275 g/mol. The number of fused-ring (bicyclic) bond motifs is 1. The smallest absolute Gasteiger partial charge is 0.155 e. The molecule has 0 amide bonds. The molecule has 0 atom stereocenters. The molecule has 0 spiro atoms. The van der Waals surface area contributed by atoms with Crippen LogP contribution in [0, 0.1) is 0 Å². The summed E-state index contributed by atoms with van der Waals surface area (Å²) in [5.74, 6) is 0. The van der Waals surface area contributed by atoms with E-state index in [-0.39, 0.29) is 0 Å². The van der Waals surface area contributed by atoms with Crippen molar-refractivity contribution in [2.45, 2.75) is 0 Å². The second kappa shape index (κ2) is 3.40. The Hall–Kier alpha value is -0.380. The standard InChI is InChI=1S/C8H3BrCl2N2/c9-6-3-13-8(11)7-5(6)1-4(10)2-12-7/h1-3H. The van der Waals surface area contributed by atoms with Crippen molar-refractivity contribution in [3.63, 3.8) is 0 Å². The molecule has 0 aromatic carbocycles. The van der Waals surface area contributed by atoms with Gasteiger partial charge in [0.15, 0.2) is 5.15 Å². The second-order valence-corrected chi connectivity index (χ2v) is 4.10. The highest BCUT2D eigenvalue weighted by molar-refractivity contribution is 9.10. The average molecular weight is 278 g/mol. The molecule has 2 rings (SSSR count). The number of hydrogen-bond acceptors (Lipinski definition) is 2. The number of aromatic nitrogens is 2. The van der Waals surface area contributed by atoms with Gasteiger partial charge in [-0.3, -0.25) is 4.98 Å². The van der Waals surface area contributed by atoms with Crippen molar-refractivity contribution in [2.24, 2.45) is 0 Å². The molecule has 0 saturated heterocycles. The average Bonchev–Trinajstić information content (AvgIpc) is 2.12. The monoisotopic (exact) mass is 276 g/mol. The summed E-state index contributed by atoms with van der Waals surface area (Å²) in [5, 5.41) is 1.83. The minimum absolute atomic E-state index is 0.384. The van der Waals surface area contributed by atoms with Gasteiger partial charge in [-0.2, -0.15) is 0 Å². The fourth-order valence-corrected chi connectivity index (χ4v) is 1.79. The van der Waals surface area contributed by atoms with Crippen LogP contribution < -0.4 is 0 Å². The van der Waals surface area contributed by atoms with Crippen LogP contribution in [0.1, 0.15) is 0 Å². The highest BCUT2D eigenvalue weighted by Crippen LogP contribution is 2.27. The maximum atomic E-state index is 5.84. The summed E-state index contributed by atoms with van der Waals surface area (Å²) in [7, 11) is 0. The number of hydrogen-bond donors (Lipinski definition) is 0. The minimum Gasteiger partial charge on any atom is -0.251 e. The van der Waals surface area contributed by atoms with Gasteiger partial charge in [0, 0.05) is 22.3 Å². The predicted molar refractivity (Wildman–Crippen MR) is 57.3 cm³/mol. The van der Waals surface area contributed by atoms with Crippen LogP contribution >= 0.6 is 39.1 Å². The largest absolute Gasteiger partial charge is 0.251 e. The van der Waals surface area contributed by atoms with Crippen LogP contribution in [-0.2, 0) is 0 Å². The van der Waals surface area contributed by atoms with E-state index in [1.165, 1.54) is 0 Å². The Bertz CT molecular complexity index is 473. The van der Waals surface area contributed by atoms with Crippen LogP contribution in [0.5, 0.6) is 0 Å². The van der Waals surface area contributed by atoms with Crippen LogP contribution in [0.25, 0.3) is 10.9 Å². The first kappa shape index (κ1) is 9.19. The van der Waals surface area contributed by atoms with E-state index in [1.807, 2.05) is 0 Å². The van der Waals surface area contributed by atoms with E-state index in [9.17, 15) is 0 Å². The summed E-state index contributed by atoms with van der Waals surface area (Å²) in [6.07, 6.45) is 3.17. The summed E-state index contributed by atoms with van der Waals surface area (Å²) >= 11 is 15.0. The second-order valence-electron chi connectivity index (χ2n) is 2.45. The molecule has 2 aromatic heterocycles. The van der Waals surface area contributed by atoms with Crippen LogP contribution in [0.4, 0.5) is 0 Å². The summed E-state index contributed by atoms with van der Waals surface area (Å²) in [4.78, 5) is 8.03. The van der Waals surface area contributed by atoms with E-state index in [2.05, 4.69) is 25.9 Å². The third kappa shape index (κ3) is 1.64. The molecule has 0 unspecified atom stereocenters. The zero-order chi connectivity index (χ0) is 9.42. The van der Waals surface area contributed by atoms with Crippen LogP contribution in [0.2, 0.25) is 10.2 Å². The summed E-state index contributed by atoms with van der Waals surface area (Å²) < 4.78 is 0.835. The lowest BCUT2D eigenvalue weighted by Crippen LogP contribution is -1.84. The first-order valence-corrected chi connectivity index (χ1v) is 4.98. The molecular formula is C8H3BrCl2N2. The molecule has 2 heterocycles. The number of halogens is 3. The lowest BCUT2D eigenvalue weighted by molar-refractivity contribution is 1.30. The summed E-state index contributed by atoms with van der Waals surface area (Å²) in [5.41, 5.74) is 0.653. The Morgan fingerprint density at radius 1 is 1.15 bits per heavy atom. The van der Waals surface area contributed by atoms with E-state index in [1.54, 1.807) is 18.5 Å². The van der Waals surface area contributed by atoms with Gasteiger partial charge >= 0.3 is 0 Å². The molecule has 0 aliphatic heterocycles. The molecule has 0 saturated carbocycles. The lowest BCUT2D eigenvalue weighted by Gasteiger charge is -2.00. The van der Waals surface area contributed by atoms with Gasteiger partial charge in [0.05, 0.1) is 5.02 Å². The van der Waals surface area contributed by atoms with Gasteiger partial charge in [0.2, 0.25) is 0 Å². The SMILES string of the molecule is Clc1cnc2c(Cl)ncc(Br)c2c1. The Balaban J connectivity index is 2.92. The maximum absolute atomic E-state index is 5.84. The summed E-state index contributed by atoms with van der Waals surface area (Å²) in [6, 6.07) is 1.79. The van der Waals surface area contributed by atoms with E-state index < -0.39 is 0 Å². The Morgan fingerprint density at radius 2 is 1.92 bits per heavy atom. The molecule has 0 aliphatic rings. The van der Waals surface area contributed by atoms with Crippen LogP contribution in [0.3, 0.4) is 0 Å². The highest BCUT2D eigenvalue weighted by atomic mass is 79.9. The molecule has 66 valence electrons. The van der Waals surface area contributed by atoms with Gasteiger partial charge in [0.25, 0.3) is 0 Å². The first-order valence-electron chi connectivity index (χ1n) is 3.44. The maximum Gasteiger partial charge on any atom is 0.155 e. The molecule has 0 radical (unpaired) electrons. The third-order valence-electron chi connectivity index (χ3n) is 1.60. The van der Waals surface area contributed by atoms with Gasteiger partial charge in [-0.15, -0.1) is 0 Å². The van der Waals surface area contributed by atoms with Crippen molar-refractivity contribution >= 4 is 50.0 Å². The van der Waals surface area contributed by atoms with Crippen molar-refractivity contribution in [1.29, 1.82) is 0 Å². The number of rotatable bonds is 0. The van der Waals surface area contributed by atoms with E-state index in [0.29, 0.717) is 15.7 Å². The first-order chi connectivity index (χ1) is 6.18. The van der Waals surface area contributed by atoms with Crippen LogP contribution in [0.15, 0.2) is 22.9 Å². The van der Waals surface area contributed by atoms with Gasteiger partial charge < -0.3 is 0 Å². The van der Waals surface area contributed by atoms with Gasteiger partial charge in [-0.05, 0) is 22.0 Å². The highest BCUT2D eigenvalue weighted by Gasteiger charge is 2.05. The molecule has 5 heteroatoms. The van der Waals surface area contributed by atoms with Gasteiger partial charge in [-0.25, -0.2) is 4.98 Å². The minimum atomic E-state index is 0.384. The number of nitrogens with zero attached hydrogens (tertiary/aromatic N) is 2. The number of pyridine rings is 2. The van der Waals surface area contributed by atoms with E-state index in [0.717, 1.165) is 9.86 Å². The van der Waals surface area contributed by atoms with Crippen LogP contribution in [-0.4, -0.2) is 9.97 Å². The van der Waals surface area contributed by atoms with Crippen molar-refractivity contribution in [1.82, 2.24) is 9.97 Å². The Labute approximate surface area is 93.0 Å². The molecule has 0 aliphatic carbocycles. The fourth-order valence-electron chi connectivity index (χ4n) is 1.03. The molecule has 0 N–H and O–H groups in total. The van der Waals surface area contributed by atoms with Crippen molar-refractivity contribution < 1.29 is 0 Å². The van der Waals surface area contributed by atoms with Crippen molar-refractivity contribution in [3.05, 3.63) is 33.1 Å². The van der Waals surface area contributed by atoms with Gasteiger partial charge in [-0.1, -0.05) is 23.2 Å². The van der Waals surface area contributed by atoms with Crippen molar-refractivity contribution in [2.75, 3.05) is 0 Å². The topological polar surface area (TPSA) is 25.8 Å². The van der Waals surface area contributed by atoms with E-state index in [4.69, 9.17) is 23.2 Å². The third-order valence-corrected chi connectivity index (χ3v) is 2.71. The zero-order valence-electron chi connectivity index (χ0n) is 6.26. The van der Waals surface area contributed by atoms with Crippen molar-refractivity contribution in [3.8, 4) is 0 Å². The summed E-state index contributed by atoms with van der Waals surface area (Å²) in [6.45, 7) is 0. The Kier molecular flexibility index (Phi) is 2.41. The molecule has 13 heavy (non-hydrogen) atoms. The Morgan fingerprint density at radius 3 is 2.69 bits per heavy atom. The molecule has 2 nitrogen and oxygen atoms in total. The molecule has 2 aromatic rings. The quantitative estimate of drug-likeness (QED) is 0.686. The zero-order valence-corrected chi connectivity index (χ0v) is 9.36. The predicted octanol–water partition coefficient (Wildman–Crippen LogP) is 3.70. The molecule has 0 fully saturated rings.